The zero-order chi connectivity index (χ0) is 13.1. The van der Waals surface area contributed by atoms with Gasteiger partial charge in [0.1, 0.15) is 0 Å². The van der Waals surface area contributed by atoms with Crippen molar-refractivity contribution < 1.29 is 0 Å². The Bertz CT molecular complexity index is 330. The Kier molecular flexibility index (Phi) is 5.14. The van der Waals surface area contributed by atoms with E-state index in [1.165, 1.54) is 22.0 Å². The molecule has 1 unspecified atom stereocenters. The van der Waals surface area contributed by atoms with Gasteiger partial charge >= 0.3 is 0 Å². The average Bonchev–Trinajstić information content (AvgIpc) is 2.43. The average molecular weight is 254 g/mol. The number of thiazole rings is 1. The first-order chi connectivity index (χ1) is 7.78. The summed E-state index contributed by atoms with van der Waals surface area (Å²) in [6.07, 6.45) is 2.33. The van der Waals surface area contributed by atoms with Crippen LogP contribution >= 0.6 is 11.3 Å². The lowest BCUT2D eigenvalue weighted by molar-refractivity contribution is 0.394. The molecule has 3 heteroatoms. The highest BCUT2D eigenvalue weighted by Gasteiger charge is 2.11. The maximum absolute atomic E-state index is 4.61. The van der Waals surface area contributed by atoms with Crippen LogP contribution in [0.15, 0.2) is 0 Å². The van der Waals surface area contributed by atoms with Crippen LogP contribution in [0.1, 0.15) is 49.7 Å². The molecule has 1 heterocycles. The molecule has 0 bridgehead atoms. The number of rotatable bonds is 5. The Morgan fingerprint density at radius 1 is 1.29 bits per heavy atom. The Labute approximate surface area is 110 Å². The van der Waals surface area contributed by atoms with Crippen LogP contribution in [0.4, 0.5) is 0 Å². The van der Waals surface area contributed by atoms with E-state index in [1.807, 2.05) is 11.3 Å². The predicted octanol–water partition coefficient (Wildman–Crippen LogP) is 3.72. The Balaban J connectivity index is 2.32. The third-order valence-corrected chi connectivity index (χ3v) is 3.98. The highest BCUT2D eigenvalue weighted by Crippen LogP contribution is 2.20. The van der Waals surface area contributed by atoms with Crippen LogP contribution in [-0.4, -0.2) is 17.1 Å². The monoisotopic (exact) mass is 254 g/mol. The van der Waals surface area contributed by atoms with E-state index in [-0.39, 0.29) is 5.54 Å². The van der Waals surface area contributed by atoms with Gasteiger partial charge in [0.25, 0.3) is 0 Å². The van der Waals surface area contributed by atoms with Crippen molar-refractivity contribution in [2.24, 2.45) is 5.92 Å². The third kappa shape index (κ3) is 5.64. The second-order valence-corrected chi connectivity index (χ2v) is 7.31. The van der Waals surface area contributed by atoms with Crippen molar-refractivity contribution in [2.75, 3.05) is 6.54 Å². The number of nitrogens with zero attached hydrogens (tertiary/aromatic N) is 1. The zero-order valence-electron chi connectivity index (χ0n) is 12.1. The van der Waals surface area contributed by atoms with Gasteiger partial charge in [-0.2, -0.15) is 0 Å². The fourth-order valence-electron chi connectivity index (χ4n) is 1.72. The molecule has 0 aliphatic rings. The summed E-state index contributed by atoms with van der Waals surface area (Å²) in [4.78, 5) is 5.97. The van der Waals surface area contributed by atoms with Gasteiger partial charge in [0.2, 0.25) is 0 Å². The number of aryl methyl sites for hydroxylation is 2. The van der Waals surface area contributed by atoms with Crippen LogP contribution in [0.3, 0.4) is 0 Å². The lowest BCUT2D eigenvalue weighted by Gasteiger charge is -2.21. The summed E-state index contributed by atoms with van der Waals surface area (Å²) in [5.74, 6) is 0.704. The van der Waals surface area contributed by atoms with Gasteiger partial charge in [-0.25, -0.2) is 4.98 Å². The SMILES string of the molecule is Cc1nc(CC(C)CCNC(C)(C)C)sc1C. The molecule has 0 saturated carbocycles. The molecule has 0 spiro atoms. The molecular weight excluding hydrogens is 228 g/mol. The van der Waals surface area contributed by atoms with Crippen LogP contribution in [-0.2, 0) is 6.42 Å². The highest BCUT2D eigenvalue weighted by atomic mass is 32.1. The van der Waals surface area contributed by atoms with Gasteiger partial charge in [0, 0.05) is 16.8 Å². The molecule has 17 heavy (non-hydrogen) atoms. The molecule has 0 aliphatic carbocycles. The van der Waals surface area contributed by atoms with E-state index in [4.69, 9.17) is 0 Å². The summed E-state index contributed by atoms with van der Waals surface area (Å²) in [6.45, 7) is 14.3. The minimum Gasteiger partial charge on any atom is -0.312 e. The summed E-state index contributed by atoms with van der Waals surface area (Å²) >= 11 is 1.85. The van der Waals surface area contributed by atoms with E-state index < -0.39 is 0 Å². The van der Waals surface area contributed by atoms with Crippen molar-refractivity contribution in [3.05, 3.63) is 15.6 Å². The molecule has 1 aromatic heterocycles. The number of hydrogen-bond acceptors (Lipinski definition) is 3. The molecule has 0 aliphatic heterocycles. The first-order valence-corrected chi connectivity index (χ1v) is 7.27. The zero-order valence-corrected chi connectivity index (χ0v) is 12.9. The molecule has 1 rings (SSSR count). The second-order valence-electron chi connectivity index (χ2n) is 6.02. The third-order valence-electron chi connectivity index (χ3n) is 2.89. The summed E-state index contributed by atoms with van der Waals surface area (Å²) in [5, 5.41) is 4.83. The first-order valence-electron chi connectivity index (χ1n) is 6.46. The van der Waals surface area contributed by atoms with Gasteiger partial charge in [0.05, 0.1) is 10.7 Å². The van der Waals surface area contributed by atoms with E-state index >= 15 is 0 Å². The van der Waals surface area contributed by atoms with Crippen molar-refractivity contribution in [1.29, 1.82) is 0 Å². The van der Waals surface area contributed by atoms with Gasteiger partial charge in [0.15, 0.2) is 0 Å². The number of nitrogens with one attached hydrogen (secondary N) is 1. The van der Waals surface area contributed by atoms with E-state index in [0.29, 0.717) is 5.92 Å². The minimum absolute atomic E-state index is 0.230. The fourth-order valence-corrected chi connectivity index (χ4v) is 2.82. The first kappa shape index (κ1) is 14.7. The Hall–Kier alpha value is -0.410. The van der Waals surface area contributed by atoms with Gasteiger partial charge < -0.3 is 5.32 Å². The summed E-state index contributed by atoms with van der Waals surface area (Å²) in [6, 6.07) is 0. The molecule has 1 aromatic rings. The van der Waals surface area contributed by atoms with Crippen LogP contribution in [0.2, 0.25) is 0 Å². The van der Waals surface area contributed by atoms with E-state index in [0.717, 1.165) is 13.0 Å². The van der Waals surface area contributed by atoms with E-state index in [1.54, 1.807) is 0 Å². The second kappa shape index (κ2) is 5.96. The highest BCUT2D eigenvalue weighted by molar-refractivity contribution is 7.11. The minimum atomic E-state index is 0.230. The maximum atomic E-state index is 4.61. The standard InChI is InChI=1S/C14H26N2S/c1-10(7-8-15-14(4,5)6)9-13-16-11(2)12(3)17-13/h10,15H,7-9H2,1-6H3. The van der Waals surface area contributed by atoms with Crippen LogP contribution < -0.4 is 5.32 Å². The van der Waals surface area contributed by atoms with Crippen LogP contribution in [0.5, 0.6) is 0 Å². The van der Waals surface area contributed by atoms with Gasteiger partial charge in [-0.3, -0.25) is 0 Å². The normalized spacial score (nSPS) is 14.0. The molecule has 1 atom stereocenters. The van der Waals surface area contributed by atoms with Crippen molar-refractivity contribution >= 4 is 11.3 Å². The molecule has 0 amide bonds. The van der Waals surface area contributed by atoms with Crippen molar-refractivity contribution in [3.8, 4) is 0 Å². The van der Waals surface area contributed by atoms with Crippen molar-refractivity contribution in [1.82, 2.24) is 10.3 Å². The molecule has 98 valence electrons. The van der Waals surface area contributed by atoms with E-state index in [2.05, 4.69) is 51.8 Å². The number of hydrogen-bond donors (Lipinski definition) is 1. The summed E-state index contributed by atoms with van der Waals surface area (Å²) in [5.41, 5.74) is 1.43. The number of aromatic nitrogens is 1. The van der Waals surface area contributed by atoms with Gasteiger partial charge in [-0.05, 0) is 53.5 Å². The van der Waals surface area contributed by atoms with E-state index in [9.17, 15) is 0 Å². The topological polar surface area (TPSA) is 24.9 Å². The molecular formula is C14H26N2S. The molecule has 0 radical (unpaired) electrons. The largest absolute Gasteiger partial charge is 0.312 e. The molecule has 1 N–H and O–H groups in total. The fraction of sp³-hybridized carbons (Fsp3) is 0.786. The van der Waals surface area contributed by atoms with Crippen molar-refractivity contribution in [2.45, 2.75) is 59.9 Å². The molecule has 2 nitrogen and oxygen atoms in total. The molecule has 0 saturated heterocycles. The summed E-state index contributed by atoms with van der Waals surface area (Å²) < 4.78 is 0. The lowest BCUT2D eigenvalue weighted by Crippen LogP contribution is -2.37. The molecule has 0 aromatic carbocycles. The quantitative estimate of drug-likeness (QED) is 0.866. The lowest BCUT2D eigenvalue weighted by atomic mass is 10.0. The molecule has 0 fully saturated rings. The van der Waals surface area contributed by atoms with Crippen molar-refractivity contribution in [3.63, 3.8) is 0 Å². The van der Waals surface area contributed by atoms with Crippen LogP contribution in [0, 0.1) is 19.8 Å². The maximum Gasteiger partial charge on any atom is 0.0933 e. The van der Waals surface area contributed by atoms with Gasteiger partial charge in [-0.15, -0.1) is 11.3 Å². The smallest absolute Gasteiger partial charge is 0.0933 e. The van der Waals surface area contributed by atoms with Crippen LogP contribution in [0.25, 0.3) is 0 Å². The van der Waals surface area contributed by atoms with Gasteiger partial charge in [-0.1, -0.05) is 6.92 Å². The summed E-state index contributed by atoms with van der Waals surface area (Å²) in [7, 11) is 0. The Morgan fingerprint density at radius 3 is 2.41 bits per heavy atom. The Morgan fingerprint density at radius 2 is 1.94 bits per heavy atom. The predicted molar refractivity (Wildman–Crippen MR) is 76.8 cm³/mol.